The Morgan fingerprint density at radius 3 is 2.86 bits per heavy atom. The number of rotatable bonds is 6. The SMILES string of the molecule is Cc1nc(CCC(=O)N2C[C@H]3C[C@@H](C2)[C@H](CCC(C)C)n2c3cccc2=O)cs1. The number of hydrogen-bond donors (Lipinski definition) is 0. The molecule has 3 atom stereocenters. The van der Waals surface area contributed by atoms with Gasteiger partial charge in [-0.15, -0.1) is 11.3 Å². The van der Waals surface area contributed by atoms with Crippen molar-refractivity contribution in [3.63, 3.8) is 0 Å². The summed E-state index contributed by atoms with van der Waals surface area (Å²) in [7, 11) is 0. The smallest absolute Gasteiger partial charge is 0.250 e. The van der Waals surface area contributed by atoms with E-state index in [9.17, 15) is 9.59 Å². The maximum Gasteiger partial charge on any atom is 0.250 e. The zero-order valence-electron chi connectivity index (χ0n) is 17.6. The molecule has 0 saturated carbocycles. The zero-order valence-corrected chi connectivity index (χ0v) is 18.5. The number of carbonyl (C=O) groups is 1. The minimum atomic E-state index is 0.115. The minimum absolute atomic E-state index is 0.115. The van der Waals surface area contributed by atoms with Crippen LogP contribution in [0.15, 0.2) is 28.4 Å². The topological polar surface area (TPSA) is 55.2 Å². The van der Waals surface area contributed by atoms with Gasteiger partial charge in [-0.05, 0) is 50.5 Å². The number of aryl methyl sites for hydroxylation is 2. The summed E-state index contributed by atoms with van der Waals surface area (Å²) in [6, 6.07) is 5.86. The summed E-state index contributed by atoms with van der Waals surface area (Å²) < 4.78 is 2.06. The van der Waals surface area contributed by atoms with Gasteiger partial charge in [0.25, 0.3) is 5.56 Å². The highest BCUT2D eigenvalue weighted by molar-refractivity contribution is 7.09. The van der Waals surface area contributed by atoms with Crippen LogP contribution in [0.25, 0.3) is 0 Å². The minimum Gasteiger partial charge on any atom is -0.342 e. The van der Waals surface area contributed by atoms with E-state index in [2.05, 4.69) is 39.7 Å². The fourth-order valence-corrected chi connectivity index (χ4v) is 5.68. The Balaban J connectivity index is 1.52. The third-order valence-corrected chi connectivity index (χ3v) is 7.27. The molecule has 156 valence electrons. The standard InChI is InChI=1S/C23H31N3O2S/c1-15(2)7-9-21-18-11-17(20-5-4-6-23(28)26(20)21)12-25(13-18)22(27)10-8-19-14-29-16(3)24-19/h4-6,14-15,17-18,21H,7-13H2,1-3H3/t17-,18+,21+/m1/s1. The van der Waals surface area contributed by atoms with Crippen LogP contribution in [0.5, 0.6) is 0 Å². The highest BCUT2D eigenvalue weighted by atomic mass is 32.1. The van der Waals surface area contributed by atoms with Crippen molar-refractivity contribution in [1.29, 1.82) is 0 Å². The molecule has 1 amide bonds. The lowest BCUT2D eigenvalue weighted by atomic mass is 9.76. The summed E-state index contributed by atoms with van der Waals surface area (Å²) in [5.41, 5.74) is 2.25. The Morgan fingerprint density at radius 2 is 2.14 bits per heavy atom. The molecule has 4 heterocycles. The molecule has 0 N–H and O–H groups in total. The van der Waals surface area contributed by atoms with Crippen LogP contribution in [0.1, 0.15) is 67.9 Å². The van der Waals surface area contributed by atoms with Crippen LogP contribution in [0.4, 0.5) is 0 Å². The first kappa shape index (κ1) is 20.3. The van der Waals surface area contributed by atoms with Gasteiger partial charge in [0.2, 0.25) is 5.91 Å². The molecule has 2 aliphatic rings. The first-order valence-electron chi connectivity index (χ1n) is 10.8. The molecule has 1 saturated heterocycles. The van der Waals surface area contributed by atoms with Crippen molar-refractivity contribution in [2.75, 3.05) is 13.1 Å². The van der Waals surface area contributed by atoms with Crippen LogP contribution in [-0.4, -0.2) is 33.4 Å². The van der Waals surface area contributed by atoms with Crippen molar-refractivity contribution >= 4 is 17.2 Å². The largest absolute Gasteiger partial charge is 0.342 e. The van der Waals surface area contributed by atoms with E-state index in [4.69, 9.17) is 0 Å². The number of carbonyl (C=O) groups excluding carboxylic acids is 1. The van der Waals surface area contributed by atoms with Gasteiger partial charge in [0.1, 0.15) is 0 Å². The lowest BCUT2D eigenvalue weighted by Crippen LogP contribution is -2.51. The summed E-state index contributed by atoms with van der Waals surface area (Å²) in [5, 5.41) is 3.10. The van der Waals surface area contributed by atoms with E-state index in [1.165, 1.54) is 0 Å². The van der Waals surface area contributed by atoms with Crippen LogP contribution in [0.2, 0.25) is 0 Å². The maximum absolute atomic E-state index is 13.0. The molecule has 0 aliphatic carbocycles. The Labute approximate surface area is 176 Å². The summed E-state index contributed by atoms with van der Waals surface area (Å²) in [6.07, 6.45) is 4.42. The maximum atomic E-state index is 13.0. The van der Waals surface area contributed by atoms with Crippen LogP contribution >= 0.6 is 11.3 Å². The van der Waals surface area contributed by atoms with Gasteiger partial charge in [0, 0.05) is 48.6 Å². The van der Waals surface area contributed by atoms with Gasteiger partial charge in [-0.2, -0.15) is 0 Å². The van der Waals surface area contributed by atoms with Crippen LogP contribution in [0.3, 0.4) is 0 Å². The van der Waals surface area contributed by atoms with Gasteiger partial charge in [-0.25, -0.2) is 4.98 Å². The van der Waals surface area contributed by atoms with Crippen molar-refractivity contribution in [3.05, 3.63) is 50.3 Å². The van der Waals surface area contributed by atoms with Crippen LogP contribution < -0.4 is 5.56 Å². The Hall–Kier alpha value is -1.95. The van der Waals surface area contributed by atoms with Crippen LogP contribution in [-0.2, 0) is 11.2 Å². The average Bonchev–Trinajstić information content (AvgIpc) is 3.11. The molecular weight excluding hydrogens is 382 g/mol. The molecule has 2 aromatic rings. The Bertz CT molecular complexity index is 932. The van der Waals surface area contributed by atoms with Gasteiger partial charge in [0.05, 0.1) is 10.7 Å². The fraction of sp³-hybridized carbons (Fsp3) is 0.609. The summed E-state index contributed by atoms with van der Waals surface area (Å²) in [5.74, 6) is 1.46. The van der Waals surface area contributed by atoms with Crippen molar-refractivity contribution < 1.29 is 4.79 Å². The van der Waals surface area contributed by atoms with E-state index in [-0.39, 0.29) is 23.4 Å². The second kappa shape index (κ2) is 8.42. The summed E-state index contributed by atoms with van der Waals surface area (Å²) in [4.78, 5) is 32.2. The number of likely N-dealkylation sites (tertiary alicyclic amines) is 1. The predicted molar refractivity (Wildman–Crippen MR) is 116 cm³/mol. The number of thiazole rings is 1. The van der Waals surface area contributed by atoms with Crippen molar-refractivity contribution in [2.45, 2.75) is 64.8 Å². The van der Waals surface area contributed by atoms with E-state index in [0.29, 0.717) is 24.7 Å². The van der Waals surface area contributed by atoms with Crippen LogP contribution in [0, 0.1) is 18.8 Å². The number of pyridine rings is 1. The second-order valence-electron chi connectivity index (χ2n) is 9.05. The summed E-state index contributed by atoms with van der Waals surface area (Å²) in [6.45, 7) is 7.97. The highest BCUT2D eigenvalue weighted by Crippen LogP contribution is 2.43. The molecular formula is C23H31N3O2S. The first-order chi connectivity index (χ1) is 13.9. The molecule has 5 nitrogen and oxygen atoms in total. The molecule has 6 heteroatoms. The number of amides is 1. The van der Waals surface area contributed by atoms with E-state index < -0.39 is 0 Å². The molecule has 2 aliphatic heterocycles. The monoisotopic (exact) mass is 413 g/mol. The van der Waals surface area contributed by atoms with E-state index in [1.807, 2.05) is 13.0 Å². The number of piperidine rings is 1. The number of hydrogen-bond acceptors (Lipinski definition) is 4. The van der Waals surface area contributed by atoms with Gasteiger partial charge < -0.3 is 9.47 Å². The summed E-state index contributed by atoms with van der Waals surface area (Å²) >= 11 is 1.64. The molecule has 0 aromatic carbocycles. The van der Waals surface area contributed by atoms with Gasteiger partial charge in [0.15, 0.2) is 0 Å². The van der Waals surface area contributed by atoms with E-state index in [0.717, 1.165) is 48.7 Å². The number of aromatic nitrogens is 2. The molecule has 4 rings (SSSR count). The van der Waals surface area contributed by atoms with Gasteiger partial charge >= 0.3 is 0 Å². The van der Waals surface area contributed by atoms with Crippen molar-refractivity contribution in [3.8, 4) is 0 Å². The quantitative estimate of drug-likeness (QED) is 0.714. The Kier molecular flexibility index (Phi) is 5.91. The van der Waals surface area contributed by atoms with Gasteiger partial charge in [-0.3, -0.25) is 9.59 Å². The van der Waals surface area contributed by atoms with Gasteiger partial charge in [-0.1, -0.05) is 19.9 Å². The lowest BCUT2D eigenvalue weighted by Gasteiger charge is -2.47. The third-order valence-electron chi connectivity index (χ3n) is 6.45. The van der Waals surface area contributed by atoms with Crippen molar-refractivity contribution in [2.24, 2.45) is 11.8 Å². The molecule has 29 heavy (non-hydrogen) atoms. The fourth-order valence-electron chi connectivity index (χ4n) is 5.04. The molecule has 0 spiro atoms. The molecule has 2 aromatic heterocycles. The molecule has 0 radical (unpaired) electrons. The number of fused-ring (bicyclic) bond motifs is 4. The highest BCUT2D eigenvalue weighted by Gasteiger charge is 2.41. The first-order valence-corrected chi connectivity index (χ1v) is 11.7. The molecule has 1 fully saturated rings. The Morgan fingerprint density at radius 1 is 1.31 bits per heavy atom. The third kappa shape index (κ3) is 4.32. The predicted octanol–water partition coefficient (Wildman–Crippen LogP) is 4.17. The van der Waals surface area contributed by atoms with Crippen molar-refractivity contribution in [1.82, 2.24) is 14.5 Å². The molecule has 0 unspecified atom stereocenters. The molecule has 2 bridgehead atoms. The normalized spacial score (nSPS) is 23.3. The van der Waals surface area contributed by atoms with E-state index >= 15 is 0 Å². The number of nitrogens with zero attached hydrogens (tertiary/aromatic N) is 3. The zero-order chi connectivity index (χ0) is 20.5. The second-order valence-corrected chi connectivity index (χ2v) is 10.1. The lowest BCUT2D eigenvalue weighted by molar-refractivity contribution is -0.134. The van der Waals surface area contributed by atoms with E-state index in [1.54, 1.807) is 17.4 Å². The average molecular weight is 414 g/mol.